The Morgan fingerprint density at radius 1 is 1.38 bits per heavy atom. The summed E-state index contributed by atoms with van der Waals surface area (Å²) in [6.45, 7) is 2.24. The van der Waals surface area contributed by atoms with Crippen LogP contribution < -0.4 is 4.74 Å². The molecule has 0 spiro atoms. The van der Waals surface area contributed by atoms with E-state index in [1.807, 2.05) is 0 Å². The molecule has 2 aromatic rings. The molecule has 124 valence electrons. The average molecular weight is 349 g/mol. The molecule has 0 amide bonds. The Morgan fingerprint density at radius 2 is 2.17 bits per heavy atom. The molecule has 7 heteroatoms. The van der Waals surface area contributed by atoms with Crippen molar-refractivity contribution in [3.8, 4) is 5.75 Å². The van der Waals surface area contributed by atoms with Crippen molar-refractivity contribution in [3.63, 3.8) is 0 Å². The van der Waals surface area contributed by atoms with Crippen LogP contribution in [0.3, 0.4) is 0 Å². The number of ether oxygens (including phenoxy) is 1. The van der Waals surface area contributed by atoms with E-state index in [2.05, 4.69) is 4.99 Å². The summed E-state index contributed by atoms with van der Waals surface area (Å²) in [7, 11) is 0. The normalized spacial score (nSPS) is 14.1. The summed E-state index contributed by atoms with van der Waals surface area (Å²) in [6.07, 6.45) is 1.44. The maximum atomic E-state index is 14.0. The first-order chi connectivity index (χ1) is 11.5. The molecule has 0 saturated carbocycles. The first-order valence-corrected chi connectivity index (χ1v) is 7.77. The number of rotatable bonds is 4. The van der Waals surface area contributed by atoms with Gasteiger partial charge in [0.2, 0.25) is 0 Å². The van der Waals surface area contributed by atoms with Gasteiger partial charge in [0.15, 0.2) is 5.75 Å². The van der Waals surface area contributed by atoms with Gasteiger partial charge in [0, 0.05) is 23.3 Å². The van der Waals surface area contributed by atoms with E-state index in [4.69, 9.17) is 16.3 Å². The maximum Gasteiger partial charge on any atom is 0.319 e. The van der Waals surface area contributed by atoms with E-state index < -0.39 is 16.8 Å². The Kier molecular flexibility index (Phi) is 4.49. The summed E-state index contributed by atoms with van der Waals surface area (Å²) in [4.78, 5) is 15.1. The van der Waals surface area contributed by atoms with Crippen LogP contribution in [0.15, 0.2) is 35.3 Å². The molecule has 1 unspecified atom stereocenters. The fraction of sp³-hybridized carbons (Fsp3) is 0.235. The number of nitro benzene ring substituents is 1. The first-order valence-electron chi connectivity index (χ1n) is 7.39. The van der Waals surface area contributed by atoms with Crippen LogP contribution in [0.1, 0.15) is 29.7 Å². The van der Waals surface area contributed by atoms with Crippen LogP contribution in [0.4, 0.5) is 10.1 Å². The monoisotopic (exact) mass is 348 g/mol. The van der Waals surface area contributed by atoms with Gasteiger partial charge in [-0.3, -0.25) is 15.1 Å². The zero-order valence-electron chi connectivity index (χ0n) is 12.8. The fourth-order valence-electron chi connectivity index (χ4n) is 2.70. The lowest BCUT2D eigenvalue weighted by Crippen LogP contribution is -2.11. The lowest BCUT2D eigenvalue weighted by Gasteiger charge is -2.18. The molecule has 1 aliphatic heterocycles. The van der Waals surface area contributed by atoms with Gasteiger partial charge in [-0.05, 0) is 37.1 Å². The molecule has 0 aromatic heterocycles. The predicted molar refractivity (Wildman–Crippen MR) is 89.7 cm³/mol. The molecule has 0 bridgehead atoms. The molecular formula is C17H14ClFN2O3. The van der Waals surface area contributed by atoms with Crippen molar-refractivity contribution in [3.05, 3.63) is 68.0 Å². The molecule has 3 rings (SSSR count). The van der Waals surface area contributed by atoms with Gasteiger partial charge >= 0.3 is 5.69 Å². The number of aliphatic imine (C=N–C) groups is 1. The minimum atomic E-state index is -0.709. The second kappa shape index (κ2) is 6.57. The van der Waals surface area contributed by atoms with Crippen LogP contribution in [0.5, 0.6) is 5.75 Å². The van der Waals surface area contributed by atoms with E-state index in [1.54, 1.807) is 25.1 Å². The Bertz CT molecular complexity index is 839. The van der Waals surface area contributed by atoms with E-state index in [1.165, 1.54) is 18.3 Å². The second-order valence-electron chi connectivity index (χ2n) is 5.45. The average Bonchev–Trinajstić information content (AvgIpc) is 2.54. The van der Waals surface area contributed by atoms with Crippen LogP contribution in [0, 0.1) is 15.9 Å². The Balaban J connectivity index is 1.98. The molecule has 1 atom stereocenters. The summed E-state index contributed by atoms with van der Waals surface area (Å²) in [5, 5.41) is 11.8. The van der Waals surface area contributed by atoms with Gasteiger partial charge in [-0.25, -0.2) is 4.39 Å². The Labute approximate surface area is 142 Å². The summed E-state index contributed by atoms with van der Waals surface area (Å²) < 4.78 is 19.7. The molecule has 0 saturated heterocycles. The highest BCUT2D eigenvalue weighted by molar-refractivity contribution is 6.30. The third-order valence-corrected chi connectivity index (χ3v) is 4.12. The van der Waals surface area contributed by atoms with Gasteiger partial charge in [0.25, 0.3) is 0 Å². The van der Waals surface area contributed by atoms with Crippen molar-refractivity contribution in [1.82, 2.24) is 0 Å². The van der Waals surface area contributed by atoms with E-state index in [0.29, 0.717) is 18.5 Å². The minimum absolute atomic E-state index is 0.0916. The summed E-state index contributed by atoms with van der Waals surface area (Å²) in [5.41, 5.74) is 1.44. The summed E-state index contributed by atoms with van der Waals surface area (Å²) in [5.74, 6) is -0.425. The zero-order chi connectivity index (χ0) is 17.3. The number of benzene rings is 2. The maximum absolute atomic E-state index is 14.0. The SMILES string of the molecule is CC(Oc1ccc2c(c1[N+](=O)[O-])C=NCC2)c1ccc(Cl)cc1F. The van der Waals surface area contributed by atoms with E-state index in [-0.39, 0.29) is 22.0 Å². The molecule has 0 N–H and O–H groups in total. The van der Waals surface area contributed by atoms with Gasteiger partial charge in [-0.2, -0.15) is 0 Å². The van der Waals surface area contributed by atoms with Crippen LogP contribution in [-0.2, 0) is 6.42 Å². The van der Waals surface area contributed by atoms with Gasteiger partial charge < -0.3 is 4.74 Å². The third-order valence-electron chi connectivity index (χ3n) is 3.89. The van der Waals surface area contributed by atoms with Crippen molar-refractivity contribution in [2.45, 2.75) is 19.4 Å². The highest BCUT2D eigenvalue weighted by Crippen LogP contribution is 2.36. The van der Waals surface area contributed by atoms with E-state index >= 15 is 0 Å². The molecule has 0 radical (unpaired) electrons. The van der Waals surface area contributed by atoms with Crippen LogP contribution in [-0.4, -0.2) is 17.7 Å². The summed E-state index contributed by atoms with van der Waals surface area (Å²) >= 11 is 5.74. The quantitative estimate of drug-likeness (QED) is 0.603. The largest absolute Gasteiger partial charge is 0.479 e. The fourth-order valence-corrected chi connectivity index (χ4v) is 2.86. The van der Waals surface area contributed by atoms with Gasteiger partial charge in [0.1, 0.15) is 11.9 Å². The van der Waals surface area contributed by atoms with E-state index in [0.717, 1.165) is 5.56 Å². The van der Waals surface area contributed by atoms with Crippen molar-refractivity contribution < 1.29 is 14.1 Å². The first kappa shape index (κ1) is 16.4. The van der Waals surface area contributed by atoms with Gasteiger partial charge in [-0.1, -0.05) is 23.7 Å². The topological polar surface area (TPSA) is 64.7 Å². The number of halogens is 2. The van der Waals surface area contributed by atoms with Gasteiger partial charge in [0.05, 0.1) is 10.5 Å². The smallest absolute Gasteiger partial charge is 0.319 e. The van der Waals surface area contributed by atoms with Crippen molar-refractivity contribution >= 4 is 23.5 Å². The number of fused-ring (bicyclic) bond motifs is 1. The lowest BCUT2D eigenvalue weighted by atomic mass is 10.0. The van der Waals surface area contributed by atoms with Crippen LogP contribution in [0.2, 0.25) is 5.02 Å². The molecule has 24 heavy (non-hydrogen) atoms. The Hall–Kier alpha value is -2.47. The van der Waals surface area contributed by atoms with Crippen molar-refractivity contribution in [2.24, 2.45) is 4.99 Å². The molecular weight excluding hydrogens is 335 g/mol. The number of hydrogen-bond donors (Lipinski definition) is 0. The van der Waals surface area contributed by atoms with Crippen molar-refractivity contribution in [1.29, 1.82) is 0 Å². The second-order valence-corrected chi connectivity index (χ2v) is 5.89. The summed E-state index contributed by atoms with van der Waals surface area (Å²) in [6, 6.07) is 7.58. The number of nitro groups is 1. The lowest BCUT2D eigenvalue weighted by molar-refractivity contribution is -0.386. The van der Waals surface area contributed by atoms with Gasteiger partial charge in [-0.15, -0.1) is 0 Å². The molecule has 5 nitrogen and oxygen atoms in total. The zero-order valence-corrected chi connectivity index (χ0v) is 13.6. The predicted octanol–water partition coefficient (Wildman–Crippen LogP) is 4.50. The van der Waals surface area contributed by atoms with Crippen LogP contribution >= 0.6 is 11.6 Å². The third kappa shape index (κ3) is 3.10. The Morgan fingerprint density at radius 3 is 2.88 bits per heavy atom. The van der Waals surface area contributed by atoms with E-state index in [9.17, 15) is 14.5 Å². The van der Waals surface area contributed by atoms with Crippen LogP contribution in [0.25, 0.3) is 0 Å². The number of nitrogens with zero attached hydrogens (tertiary/aromatic N) is 2. The molecule has 0 fully saturated rings. The highest BCUT2D eigenvalue weighted by atomic mass is 35.5. The number of hydrogen-bond acceptors (Lipinski definition) is 4. The molecule has 1 heterocycles. The highest BCUT2D eigenvalue weighted by Gasteiger charge is 2.26. The standard InChI is InChI=1S/C17H14ClFN2O3/c1-10(13-4-3-12(18)8-15(13)19)24-16-5-2-11-6-7-20-9-14(11)17(16)21(22)23/h2-5,8-10H,6-7H2,1H3. The minimum Gasteiger partial charge on any atom is -0.479 e. The molecule has 2 aromatic carbocycles. The molecule has 0 aliphatic carbocycles. The molecule has 1 aliphatic rings. The van der Waals surface area contributed by atoms with Crippen molar-refractivity contribution in [2.75, 3.05) is 6.54 Å².